The second-order valence-corrected chi connectivity index (χ2v) is 14.0. The van der Waals surface area contributed by atoms with Crippen molar-refractivity contribution < 1.29 is 27.5 Å². The molecule has 2 fully saturated rings. The molecule has 0 heterocycles. The highest BCUT2D eigenvalue weighted by atomic mass is 35.7. The third-order valence-electron chi connectivity index (χ3n) is 9.45. The Balaban J connectivity index is 1.18. The SMILES string of the molecule is C[C@]12CCC3c4ccc(OC(=O)c5ccccc5)cc4CCC3C1CC[C@@H]2OC(=O)c1ccccc1S(=O)(=O)Cl. The van der Waals surface area contributed by atoms with Crippen LogP contribution in [0.2, 0.25) is 0 Å². The molecule has 3 unspecified atom stereocenters. The quantitative estimate of drug-likeness (QED) is 0.186. The maximum atomic E-state index is 13.1. The minimum absolute atomic E-state index is 0.0198. The van der Waals surface area contributed by atoms with Crippen LogP contribution < -0.4 is 4.74 Å². The van der Waals surface area contributed by atoms with Crippen LogP contribution in [0.15, 0.2) is 77.7 Å². The zero-order valence-corrected chi connectivity index (χ0v) is 23.8. The molecule has 3 aromatic carbocycles. The average molecular weight is 579 g/mol. The van der Waals surface area contributed by atoms with Gasteiger partial charge in [0.25, 0.3) is 9.05 Å². The van der Waals surface area contributed by atoms with Crippen molar-refractivity contribution in [2.24, 2.45) is 17.3 Å². The lowest BCUT2D eigenvalue weighted by Crippen LogP contribution is -2.45. The average Bonchev–Trinajstić information content (AvgIpc) is 3.28. The van der Waals surface area contributed by atoms with Crippen LogP contribution in [0.3, 0.4) is 0 Å². The Labute approximate surface area is 239 Å². The van der Waals surface area contributed by atoms with Crippen LogP contribution in [0.4, 0.5) is 0 Å². The van der Waals surface area contributed by atoms with Gasteiger partial charge >= 0.3 is 11.9 Å². The highest BCUT2D eigenvalue weighted by Gasteiger charge is 2.56. The Morgan fingerprint density at radius 3 is 2.42 bits per heavy atom. The summed E-state index contributed by atoms with van der Waals surface area (Å²) in [5.41, 5.74) is 2.90. The Hall–Kier alpha value is -3.16. The van der Waals surface area contributed by atoms with Gasteiger partial charge in [-0.15, -0.1) is 0 Å². The van der Waals surface area contributed by atoms with E-state index in [1.165, 1.54) is 29.3 Å². The van der Waals surface area contributed by atoms with Gasteiger partial charge in [-0.05, 0) is 104 Å². The zero-order valence-electron chi connectivity index (χ0n) is 22.2. The lowest BCUT2D eigenvalue weighted by Gasteiger charge is -2.50. The second kappa shape index (κ2) is 10.3. The van der Waals surface area contributed by atoms with Gasteiger partial charge in [-0.25, -0.2) is 18.0 Å². The van der Waals surface area contributed by atoms with Crippen LogP contribution >= 0.6 is 10.7 Å². The number of benzene rings is 3. The third-order valence-corrected chi connectivity index (χ3v) is 10.8. The first-order chi connectivity index (χ1) is 19.1. The molecule has 3 aliphatic carbocycles. The summed E-state index contributed by atoms with van der Waals surface area (Å²) < 4.78 is 35.7. The second-order valence-electron chi connectivity index (χ2n) is 11.5. The van der Waals surface area contributed by atoms with Gasteiger partial charge in [0.1, 0.15) is 11.9 Å². The molecule has 40 heavy (non-hydrogen) atoms. The molecular weight excluding hydrogens is 548 g/mol. The monoisotopic (exact) mass is 578 g/mol. The highest BCUT2D eigenvalue weighted by molar-refractivity contribution is 8.13. The van der Waals surface area contributed by atoms with Crippen molar-refractivity contribution in [3.05, 3.63) is 95.1 Å². The molecule has 0 amide bonds. The van der Waals surface area contributed by atoms with E-state index < -0.39 is 15.0 Å². The van der Waals surface area contributed by atoms with Crippen LogP contribution in [-0.2, 0) is 20.2 Å². The van der Waals surface area contributed by atoms with E-state index in [1.807, 2.05) is 30.3 Å². The van der Waals surface area contributed by atoms with Gasteiger partial charge in [-0.2, -0.15) is 0 Å². The Morgan fingerprint density at radius 1 is 0.900 bits per heavy atom. The number of hydrogen-bond donors (Lipinski definition) is 0. The molecule has 5 atom stereocenters. The number of ether oxygens (including phenoxy) is 2. The molecule has 8 heteroatoms. The molecule has 0 aliphatic heterocycles. The zero-order chi connectivity index (χ0) is 28.1. The van der Waals surface area contributed by atoms with Crippen LogP contribution in [0.25, 0.3) is 0 Å². The summed E-state index contributed by atoms with van der Waals surface area (Å²) in [5, 5.41) is 0. The summed E-state index contributed by atoms with van der Waals surface area (Å²) in [6.07, 6.45) is 5.27. The molecule has 208 valence electrons. The number of esters is 2. The summed E-state index contributed by atoms with van der Waals surface area (Å²) in [6.45, 7) is 2.23. The lowest BCUT2D eigenvalue weighted by atomic mass is 9.55. The summed E-state index contributed by atoms with van der Waals surface area (Å²) in [6, 6.07) is 21.0. The number of aryl methyl sites for hydroxylation is 1. The van der Waals surface area contributed by atoms with E-state index >= 15 is 0 Å². The van der Waals surface area contributed by atoms with E-state index in [0.717, 1.165) is 38.5 Å². The molecule has 0 saturated heterocycles. The molecule has 0 bridgehead atoms. The van der Waals surface area contributed by atoms with Crippen LogP contribution in [0.1, 0.15) is 76.8 Å². The van der Waals surface area contributed by atoms with Gasteiger partial charge in [0.2, 0.25) is 0 Å². The van der Waals surface area contributed by atoms with Crippen LogP contribution in [0.5, 0.6) is 5.75 Å². The Morgan fingerprint density at radius 2 is 1.65 bits per heavy atom. The third kappa shape index (κ3) is 4.83. The number of hydrogen-bond acceptors (Lipinski definition) is 6. The van der Waals surface area contributed by atoms with Gasteiger partial charge in [0, 0.05) is 16.1 Å². The highest BCUT2D eigenvalue weighted by Crippen LogP contribution is 2.61. The number of carbonyl (C=O) groups excluding carboxylic acids is 2. The van der Waals surface area contributed by atoms with Gasteiger partial charge in [-0.3, -0.25) is 0 Å². The van der Waals surface area contributed by atoms with E-state index in [9.17, 15) is 18.0 Å². The van der Waals surface area contributed by atoms with Crippen molar-refractivity contribution in [2.45, 2.75) is 62.4 Å². The predicted molar refractivity (Wildman–Crippen MR) is 151 cm³/mol. The predicted octanol–water partition coefficient (Wildman–Crippen LogP) is 6.92. The van der Waals surface area contributed by atoms with Gasteiger partial charge < -0.3 is 9.47 Å². The van der Waals surface area contributed by atoms with Gasteiger partial charge in [-0.1, -0.05) is 43.3 Å². The van der Waals surface area contributed by atoms with Crippen molar-refractivity contribution >= 4 is 31.7 Å². The van der Waals surface area contributed by atoms with E-state index in [4.69, 9.17) is 20.2 Å². The van der Waals surface area contributed by atoms with Crippen LogP contribution in [-0.4, -0.2) is 26.5 Å². The number of rotatable bonds is 5. The van der Waals surface area contributed by atoms with Crippen molar-refractivity contribution in [1.29, 1.82) is 0 Å². The molecule has 3 aliphatic rings. The fourth-order valence-electron chi connectivity index (χ4n) is 7.55. The van der Waals surface area contributed by atoms with Crippen molar-refractivity contribution in [1.82, 2.24) is 0 Å². The van der Waals surface area contributed by atoms with E-state index in [0.29, 0.717) is 29.1 Å². The minimum atomic E-state index is -4.08. The molecule has 6 nitrogen and oxygen atoms in total. The maximum absolute atomic E-state index is 13.1. The molecule has 2 saturated carbocycles. The maximum Gasteiger partial charge on any atom is 0.343 e. The first-order valence-electron chi connectivity index (χ1n) is 13.8. The summed E-state index contributed by atoms with van der Waals surface area (Å²) in [7, 11) is 1.51. The fourth-order valence-corrected chi connectivity index (χ4v) is 8.61. The normalized spacial score (nSPS) is 27.1. The Bertz CT molecular complexity index is 1570. The van der Waals surface area contributed by atoms with E-state index in [1.54, 1.807) is 18.2 Å². The first-order valence-corrected chi connectivity index (χ1v) is 16.1. The summed E-state index contributed by atoms with van der Waals surface area (Å²) in [5.74, 6) is 0.861. The van der Waals surface area contributed by atoms with Crippen molar-refractivity contribution in [3.8, 4) is 5.75 Å². The molecule has 0 N–H and O–H groups in total. The Kier molecular flexibility index (Phi) is 6.99. The first kappa shape index (κ1) is 27.0. The molecular formula is C32H31ClO6S. The van der Waals surface area contributed by atoms with Crippen molar-refractivity contribution in [2.75, 3.05) is 0 Å². The number of halogens is 1. The van der Waals surface area contributed by atoms with E-state index in [-0.39, 0.29) is 27.9 Å². The molecule has 0 aromatic heterocycles. The van der Waals surface area contributed by atoms with E-state index in [2.05, 4.69) is 13.0 Å². The van der Waals surface area contributed by atoms with Crippen LogP contribution in [0, 0.1) is 17.3 Å². The number of carbonyl (C=O) groups is 2. The summed E-state index contributed by atoms with van der Waals surface area (Å²) in [4.78, 5) is 25.5. The molecule has 0 radical (unpaired) electrons. The number of fused-ring (bicyclic) bond motifs is 5. The standard InChI is InChI=1S/C32H31ClO6S/c1-32-18-17-24-23-14-12-22(38-30(34)20-7-3-2-4-8-20)19-21(23)11-13-25(24)27(32)15-16-29(32)39-31(35)26-9-5-6-10-28(26)40(33,36)37/h2-10,12,14,19,24-25,27,29H,11,13,15-18H2,1H3/t24?,25?,27?,29-,32-/m0/s1. The largest absolute Gasteiger partial charge is 0.458 e. The summed E-state index contributed by atoms with van der Waals surface area (Å²) >= 11 is 0. The lowest BCUT2D eigenvalue weighted by molar-refractivity contribution is -0.0430. The fraction of sp³-hybridized carbons (Fsp3) is 0.375. The van der Waals surface area contributed by atoms with Gasteiger partial charge in [0.05, 0.1) is 16.0 Å². The molecule has 3 aromatic rings. The smallest absolute Gasteiger partial charge is 0.343 e. The van der Waals surface area contributed by atoms with Crippen molar-refractivity contribution in [3.63, 3.8) is 0 Å². The minimum Gasteiger partial charge on any atom is -0.458 e. The molecule has 6 rings (SSSR count). The topological polar surface area (TPSA) is 86.7 Å². The van der Waals surface area contributed by atoms with Gasteiger partial charge in [0.15, 0.2) is 0 Å². The molecule has 0 spiro atoms.